The Bertz CT molecular complexity index is 787. The van der Waals surface area contributed by atoms with Gasteiger partial charge in [0.1, 0.15) is 0 Å². The number of halogens is 2. The Morgan fingerprint density at radius 1 is 1.33 bits per heavy atom. The van der Waals surface area contributed by atoms with E-state index in [0.717, 1.165) is 17.3 Å². The quantitative estimate of drug-likeness (QED) is 0.830. The summed E-state index contributed by atoms with van der Waals surface area (Å²) in [7, 11) is 0. The van der Waals surface area contributed by atoms with E-state index < -0.39 is 0 Å². The lowest BCUT2D eigenvalue weighted by Gasteiger charge is -2.30. The summed E-state index contributed by atoms with van der Waals surface area (Å²) in [6.45, 7) is 1.76. The zero-order valence-corrected chi connectivity index (χ0v) is 15.6. The van der Waals surface area contributed by atoms with Crippen molar-refractivity contribution in [1.29, 1.82) is 0 Å². The van der Waals surface area contributed by atoms with Gasteiger partial charge in [0.05, 0.1) is 17.2 Å². The normalized spacial score (nSPS) is 15.3. The Hall–Kier alpha value is -1.44. The molecule has 2 N–H and O–H groups in total. The molecule has 6 nitrogen and oxygen atoms in total. The van der Waals surface area contributed by atoms with Crippen LogP contribution in [0.25, 0.3) is 10.9 Å². The summed E-state index contributed by atoms with van der Waals surface area (Å²) in [6.07, 6.45) is 3.50. The third-order valence-corrected chi connectivity index (χ3v) is 4.74. The van der Waals surface area contributed by atoms with Crippen molar-refractivity contribution in [1.82, 2.24) is 14.5 Å². The molecular weight excluding hydrogens is 396 g/mol. The van der Waals surface area contributed by atoms with E-state index >= 15 is 0 Å². The molecule has 1 aliphatic rings. The molecule has 0 bridgehead atoms. The molecule has 0 spiro atoms. The second-order valence-corrected chi connectivity index (χ2v) is 6.79. The van der Waals surface area contributed by atoms with Crippen LogP contribution in [0.2, 0.25) is 0 Å². The van der Waals surface area contributed by atoms with Gasteiger partial charge in [0, 0.05) is 36.6 Å². The Morgan fingerprint density at radius 2 is 2.04 bits per heavy atom. The highest BCUT2D eigenvalue weighted by molar-refractivity contribution is 9.10. The first kappa shape index (κ1) is 18.9. The van der Waals surface area contributed by atoms with E-state index in [2.05, 4.69) is 20.9 Å². The number of benzene rings is 1. The van der Waals surface area contributed by atoms with Gasteiger partial charge in [-0.15, -0.1) is 12.4 Å². The van der Waals surface area contributed by atoms with E-state index in [4.69, 9.17) is 5.73 Å². The van der Waals surface area contributed by atoms with Crippen molar-refractivity contribution in [3.05, 3.63) is 39.4 Å². The van der Waals surface area contributed by atoms with Gasteiger partial charge in [0.2, 0.25) is 5.91 Å². The van der Waals surface area contributed by atoms with E-state index in [0.29, 0.717) is 37.0 Å². The number of nitrogens with two attached hydrogens (primary N) is 1. The standard InChI is InChI=1S/C16H19BrN4O2.ClH/c17-11-1-2-14-13(9-11)16(23)21(10-19-14)8-5-15(22)20-6-3-12(18)4-7-20;/h1-2,9-10,12H,3-8,18H2;1H. The second-order valence-electron chi connectivity index (χ2n) is 5.87. The molecule has 8 heteroatoms. The SMILES string of the molecule is Cl.NC1CCN(C(=O)CCn2cnc3ccc(Br)cc3c2=O)CC1. The van der Waals surface area contributed by atoms with Gasteiger partial charge in [-0.3, -0.25) is 14.2 Å². The lowest BCUT2D eigenvalue weighted by molar-refractivity contribution is -0.132. The molecule has 0 saturated carbocycles. The third kappa shape index (κ3) is 4.15. The van der Waals surface area contributed by atoms with Crippen LogP contribution in [0.3, 0.4) is 0 Å². The first-order chi connectivity index (χ1) is 11.0. The minimum atomic E-state index is -0.121. The molecule has 24 heavy (non-hydrogen) atoms. The highest BCUT2D eigenvalue weighted by Crippen LogP contribution is 2.15. The number of rotatable bonds is 3. The fourth-order valence-corrected chi connectivity index (χ4v) is 3.17. The molecule has 1 amide bonds. The molecule has 0 unspecified atom stereocenters. The number of amides is 1. The first-order valence-corrected chi connectivity index (χ1v) is 8.52. The monoisotopic (exact) mass is 414 g/mol. The van der Waals surface area contributed by atoms with Crippen LogP contribution in [0, 0.1) is 0 Å². The molecular formula is C16H20BrClN4O2. The average molecular weight is 416 g/mol. The molecule has 130 valence electrons. The fourth-order valence-electron chi connectivity index (χ4n) is 2.81. The van der Waals surface area contributed by atoms with Gasteiger partial charge in [-0.1, -0.05) is 15.9 Å². The van der Waals surface area contributed by atoms with Gasteiger partial charge in [-0.25, -0.2) is 4.98 Å². The molecule has 0 radical (unpaired) electrons. The predicted octanol–water partition coefficient (Wildman–Crippen LogP) is 1.92. The van der Waals surface area contributed by atoms with E-state index in [1.54, 1.807) is 12.1 Å². The number of hydrogen-bond donors (Lipinski definition) is 1. The summed E-state index contributed by atoms with van der Waals surface area (Å²) >= 11 is 3.36. The number of carbonyl (C=O) groups excluding carboxylic acids is 1. The molecule has 0 aliphatic carbocycles. The van der Waals surface area contributed by atoms with Gasteiger partial charge in [0.15, 0.2) is 0 Å². The van der Waals surface area contributed by atoms with Crippen LogP contribution in [0.4, 0.5) is 0 Å². The average Bonchev–Trinajstić information content (AvgIpc) is 2.55. The number of aromatic nitrogens is 2. The van der Waals surface area contributed by atoms with Crippen LogP contribution < -0.4 is 11.3 Å². The van der Waals surface area contributed by atoms with E-state index in [1.807, 2.05) is 11.0 Å². The molecule has 1 saturated heterocycles. The highest BCUT2D eigenvalue weighted by atomic mass is 79.9. The molecule has 2 aromatic rings. The number of likely N-dealkylation sites (tertiary alicyclic amines) is 1. The Balaban J connectivity index is 0.00000208. The van der Waals surface area contributed by atoms with E-state index in [1.165, 1.54) is 10.9 Å². The maximum atomic E-state index is 12.5. The molecule has 1 aliphatic heterocycles. The van der Waals surface area contributed by atoms with Crippen LogP contribution in [-0.4, -0.2) is 39.5 Å². The van der Waals surface area contributed by atoms with Crippen LogP contribution in [0.15, 0.2) is 33.8 Å². The largest absolute Gasteiger partial charge is 0.343 e. The van der Waals surface area contributed by atoms with Crippen molar-refractivity contribution in [2.75, 3.05) is 13.1 Å². The summed E-state index contributed by atoms with van der Waals surface area (Å²) in [5.74, 6) is 0.0677. The molecule has 3 rings (SSSR count). The Kier molecular flexibility index (Phi) is 6.37. The molecule has 2 heterocycles. The van der Waals surface area contributed by atoms with Crippen molar-refractivity contribution >= 4 is 45.1 Å². The smallest absolute Gasteiger partial charge is 0.261 e. The van der Waals surface area contributed by atoms with Crippen molar-refractivity contribution in [2.24, 2.45) is 5.73 Å². The predicted molar refractivity (Wildman–Crippen MR) is 99.4 cm³/mol. The second kappa shape index (κ2) is 8.09. The van der Waals surface area contributed by atoms with Crippen molar-refractivity contribution in [3.8, 4) is 0 Å². The van der Waals surface area contributed by atoms with E-state index in [-0.39, 0.29) is 29.9 Å². The number of fused-ring (bicyclic) bond motifs is 1. The summed E-state index contributed by atoms with van der Waals surface area (Å²) in [5.41, 5.74) is 6.39. The minimum absolute atomic E-state index is 0. The highest BCUT2D eigenvalue weighted by Gasteiger charge is 2.20. The number of aryl methyl sites for hydroxylation is 1. The van der Waals surface area contributed by atoms with Crippen molar-refractivity contribution < 1.29 is 4.79 Å². The lowest BCUT2D eigenvalue weighted by atomic mass is 10.1. The van der Waals surface area contributed by atoms with Gasteiger partial charge in [-0.05, 0) is 31.0 Å². The molecule has 1 aromatic heterocycles. The summed E-state index contributed by atoms with van der Waals surface area (Å²) < 4.78 is 2.34. The number of nitrogens with zero attached hydrogens (tertiary/aromatic N) is 3. The van der Waals surface area contributed by atoms with Crippen LogP contribution in [0.5, 0.6) is 0 Å². The Labute approximate surface area is 154 Å². The molecule has 1 aromatic carbocycles. The lowest BCUT2D eigenvalue weighted by Crippen LogP contribution is -2.43. The van der Waals surface area contributed by atoms with Gasteiger partial charge in [-0.2, -0.15) is 0 Å². The topological polar surface area (TPSA) is 81.2 Å². The maximum absolute atomic E-state index is 12.5. The van der Waals surface area contributed by atoms with Crippen LogP contribution in [0.1, 0.15) is 19.3 Å². The van der Waals surface area contributed by atoms with Gasteiger partial charge in [0.25, 0.3) is 5.56 Å². The zero-order valence-electron chi connectivity index (χ0n) is 13.2. The summed E-state index contributed by atoms with van der Waals surface area (Å²) in [6, 6.07) is 5.61. The molecule has 0 atom stereocenters. The van der Waals surface area contributed by atoms with Crippen LogP contribution >= 0.6 is 28.3 Å². The summed E-state index contributed by atoms with van der Waals surface area (Å²) in [5, 5.41) is 0.554. The third-order valence-electron chi connectivity index (χ3n) is 4.24. The first-order valence-electron chi connectivity index (χ1n) is 7.72. The van der Waals surface area contributed by atoms with Crippen LogP contribution in [-0.2, 0) is 11.3 Å². The molecule has 1 fully saturated rings. The van der Waals surface area contributed by atoms with Crippen molar-refractivity contribution in [2.45, 2.75) is 31.8 Å². The number of piperidine rings is 1. The van der Waals surface area contributed by atoms with E-state index in [9.17, 15) is 9.59 Å². The zero-order chi connectivity index (χ0) is 16.4. The maximum Gasteiger partial charge on any atom is 0.261 e. The number of hydrogen-bond acceptors (Lipinski definition) is 4. The van der Waals surface area contributed by atoms with Gasteiger partial charge < -0.3 is 10.6 Å². The fraction of sp³-hybridized carbons (Fsp3) is 0.438. The summed E-state index contributed by atoms with van der Waals surface area (Å²) in [4.78, 5) is 30.8. The minimum Gasteiger partial charge on any atom is -0.343 e. The number of carbonyl (C=O) groups is 1. The Morgan fingerprint density at radius 3 is 2.75 bits per heavy atom. The van der Waals surface area contributed by atoms with Gasteiger partial charge >= 0.3 is 0 Å². The van der Waals surface area contributed by atoms with Crippen molar-refractivity contribution in [3.63, 3.8) is 0 Å².